The van der Waals surface area contributed by atoms with Crippen molar-refractivity contribution < 1.29 is 0 Å². The van der Waals surface area contributed by atoms with Crippen molar-refractivity contribution in [3.63, 3.8) is 0 Å². The van der Waals surface area contributed by atoms with Gasteiger partial charge in [-0.2, -0.15) is 0 Å². The zero-order chi connectivity index (χ0) is 21.7. The molecule has 0 aromatic heterocycles. The second kappa shape index (κ2) is 6.29. The molecule has 1 unspecified atom stereocenters. The van der Waals surface area contributed by atoms with E-state index in [1.165, 1.54) is 57.8 Å². The van der Waals surface area contributed by atoms with Crippen molar-refractivity contribution in [3.8, 4) is 0 Å². The van der Waals surface area contributed by atoms with Crippen LogP contribution in [0.3, 0.4) is 0 Å². The first-order valence-electron chi connectivity index (χ1n) is 13.3. The van der Waals surface area contributed by atoms with Gasteiger partial charge in [-0.3, -0.25) is 0 Å². The van der Waals surface area contributed by atoms with Crippen molar-refractivity contribution in [1.29, 1.82) is 0 Å². The van der Waals surface area contributed by atoms with E-state index in [1.807, 2.05) is 11.1 Å². The lowest BCUT2D eigenvalue weighted by molar-refractivity contribution is -0.0847. The predicted molar refractivity (Wildman–Crippen MR) is 129 cm³/mol. The summed E-state index contributed by atoms with van der Waals surface area (Å²) in [5.74, 6) is 3.35. The van der Waals surface area contributed by atoms with E-state index in [2.05, 4.69) is 67.5 Å². The first-order valence-corrected chi connectivity index (χ1v) is 13.3. The molecule has 5 rings (SSSR count). The molecule has 0 heteroatoms. The SMILES string of the molecule is C[C@H]1[C@H](C)CC[C@]2(C)CC[C@]3(C)C(=CC=C4[C@@]5(C)CCCC(C)(C)C5CC[C@]43C)[C@H]12. The van der Waals surface area contributed by atoms with Gasteiger partial charge in [0.25, 0.3) is 0 Å². The van der Waals surface area contributed by atoms with E-state index >= 15 is 0 Å². The normalized spacial score (nSPS) is 54.7. The van der Waals surface area contributed by atoms with Crippen molar-refractivity contribution in [2.24, 2.45) is 50.7 Å². The fourth-order valence-corrected chi connectivity index (χ4v) is 10.3. The lowest BCUT2D eigenvalue weighted by Gasteiger charge is -2.68. The molecule has 4 fully saturated rings. The lowest BCUT2D eigenvalue weighted by atomic mass is 9.36. The van der Waals surface area contributed by atoms with Crippen LogP contribution in [-0.4, -0.2) is 0 Å². The van der Waals surface area contributed by atoms with Crippen molar-refractivity contribution >= 4 is 0 Å². The third-order valence-electron chi connectivity index (χ3n) is 12.5. The van der Waals surface area contributed by atoms with Crippen LogP contribution in [0.1, 0.15) is 113 Å². The van der Waals surface area contributed by atoms with Gasteiger partial charge in [0.2, 0.25) is 0 Å². The Morgan fingerprint density at radius 1 is 0.733 bits per heavy atom. The van der Waals surface area contributed by atoms with E-state index in [4.69, 9.17) is 0 Å². The average Bonchev–Trinajstić information content (AvgIpc) is 2.65. The van der Waals surface area contributed by atoms with E-state index in [0.717, 1.165) is 23.7 Å². The molecule has 0 N–H and O–H groups in total. The van der Waals surface area contributed by atoms with Crippen LogP contribution in [0.15, 0.2) is 23.3 Å². The Labute approximate surface area is 187 Å². The Balaban J connectivity index is 1.65. The molecule has 30 heavy (non-hydrogen) atoms. The highest BCUT2D eigenvalue weighted by atomic mass is 14.7. The van der Waals surface area contributed by atoms with E-state index in [0.29, 0.717) is 27.1 Å². The standard InChI is InChI=1S/C30H48/c1-20-12-16-27(5)18-19-29(7)22(25(27)21(20)2)10-11-24-28(6)15-9-14-26(3,4)23(28)13-17-30(24,29)8/h10-11,20-21,23,25H,9,12-19H2,1-8H3/t20-,21+,23?,25+,27-,28+,29-,30-/m1/s1. The smallest absolute Gasteiger partial charge is 0.00164 e. The molecular weight excluding hydrogens is 360 g/mol. The van der Waals surface area contributed by atoms with Gasteiger partial charge in [0, 0.05) is 0 Å². The van der Waals surface area contributed by atoms with Crippen LogP contribution in [0.25, 0.3) is 0 Å². The van der Waals surface area contributed by atoms with Crippen LogP contribution in [0.5, 0.6) is 0 Å². The van der Waals surface area contributed by atoms with E-state index in [-0.39, 0.29) is 0 Å². The maximum Gasteiger partial charge on any atom is -0.00164 e. The van der Waals surface area contributed by atoms with Gasteiger partial charge in [-0.15, -0.1) is 0 Å². The van der Waals surface area contributed by atoms with Crippen LogP contribution in [0.4, 0.5) is 0 Å². The van der Waals surface area contributed by atoms with Crippen LogP contribution in [-0.2, 0) is 0 Å². The fraction of sp³-hybridized carbons (Fsp3) is 0.867. The molecule has 0 aromatic rings. The molecule has 5 aliphatic rings. The summed E-state index contributed by atoms with van der Waals surface area (Å²) in [6.07, 6.45) is 18.2. The maximum absolute atomic E-state index is 2.70. The molecule has 5 aliphatic carbocycles. The summed E-state index contributed by atoms with van der Waals surface area (Å²) in [5.41, 5.74) is 5.88. The van der Waals surface area contributed by atoms with Crippen LogP contribution < -0.4 is 0 Å². The summed E-state index contributed by atoms with van der Waals surface area (Å²) in [6.45, 7) is 21.0. The summed E-state index contributed by atoms with van der Waals surface area (Å²) >= 11 is 0. The molecular formula is C30H48. The minimum atomic E-state index is 0.359. The van der Waals surface area contributed by atoms with Crippen molar-refractivity contribution in [1.82, 2.24) is 0 Å². The summed E-state index contributed by atoms with van der Waals surface area (Å²) < 4.78 is 0. The molecule has 0 heterocycles. The number of hydrogen-bond acceptors (Lipinski definition) is 0. The zero-order valence-corrected chi connectivity index (χ0v) is 21.3. The summed E-state index contributed by atoms with van der Waals surface area (Å²) in [5, 5.41) is 0. The third-order valence-corrected chi connectivity index (χ3v) is 12.5. The Morgan fingerprint density at radius 3 is 2.20 bits per heavy atom. The van der Waals surface area contributed by atoms with Crippen molar-refractivity contribution in [2.75, 3.05) is 0 Å². The maximum atomic E-state index is 2.70. The van der Waals surface area contributed by atoms with Gasteiger partial charge < -0.3 is 0 Å². The Kier molecular flexibility index (Phi) is 4.47. The van der Waals surface area contributed by atoms with Gasteiger partial charge >= 0.3 is 0 Å². The molecule has 0 bridgehead atoms. The molecule has 0 nitrogen and oxygen atoms in total. The Bertz CT molecular complexity index is 797. The van der Waals surface area contributed by atoms with E-state index < -0.39 is 0 Å². The summed E-state index contributed by atoms with van der Waals surface area (Å²) in [6, 6.07) is 0. The number of allylic oxidation sites excluding steroid dienone is 4. The fourth-order valence-electron chi connectivity index (χ4n) is 10.3. The Hall–Kier alpha value is -0.520. The first kappa shape index (κ1) is 21.3. The first-order chi connectivity index (χ1) is 13.9. The van der Waals surface area contributed by atoms with E-state index in [1.54, 1.807) is 0 Å². The van der Waals surface area contributed by atoms with Gasteiger partial charge in [0.05, 0.1) is 0 Å². The second-order valence-corrected chi connectivity index (χ2v) is 14.2. The molecule has 0 amide bonds. The second-order valence-electron chi connectivity index (χ2n) is 14.2. The monoisotopic (exact) mass is 408 g/mol. The minimum Gasteiger partial charge on any atom is -0.0622 e. The van der Waals surface area contributed by atoms with Crippen molar-refractivity contribution in [2.45, 2.75) is 113 Å². The van der Waals surface area contributed by atoms with Gasteiger partial charge in [-0.05, 0) is 102 Å². The highest BCUT2D eigenvalue weighted by Gasteiger charge is 2.65. The van der Waals surface area contributed by atoms with Gasteiger partial charge in [0.15, 0.2) is 0 Å². The molecule has 4 saturated carbocycles. The highest BCUT2D eigenvalue weighted by molar-refractivity contribution is 5.45. The molecule has 0 saturated heterocycles. The van der Waals surface area contributed by atoms with Crippen LogP contribution in [0, 0.1) is 50.7 Å². The number of rotatable bonds is 0. The highest BCUT2D eigenvalue weighted by Crippen LogP contribution is 2.74. The minimum absolute atomic E-state index is 0.359. The predicted octanol–water partition coefficient (Wildman–Crippen LogP) is 8.97. The van der Waals surface area contributed by atoms with Crippen LogP contribution >= 0.6 is 0 Å². The third kappa shape index (κ3) is 2.46. The molecule has 0 aromatic carbocycles. The number of fused-ring (bicyclic) bond motifs is 7. The quantitative estimate of drug-likeness (QED) is 0.375. The van der Waals surface area contributed by atoms with Crippen LogP contribution in [0.2, 0.25) is 0 Å². The lowest BCUT2D eigenvalue weighted by Crippen LogP contribution is -2.59. The molecule has 168 valence electrons. The molecule has 8 atom stereocenters. The number of hydrogen-bond donors (Lipinski definition) is 0. The van der Waals surface area contributed by atoms with E-state index in [9.17, 15) is 0 Å². The largest absolute Gasteiger partial charge is 0.0622 e. The summed E-state index contributed by atoms with van der Waals surface area (Å²) in [4.78, 5) is 0. The molecule has 0 spiro atoms. The van der Waals surface area contributed by atoms with Gasteiger partial charge in [-0.1, -0.05) is 85.1 Å². The average molecular weight is 409 g/mol. The summed E-state index contributed by atoms with van der Waals surface area (Å²) in [7, 11) is 0. The zero-order valence-electron chi connectivity index (χ0n) is 21.3. The Morgan fingerprint density at radius 2 is 1.47 bits per heavy atom. The van der Waals surface area contributed by atoms with Gasteiger partial charge in [0.1, 0.15) is 0 Å². The molecule has 0 radical (unpaired) electrons. The topological polar surface area (TPSA) is 0 Å². The van der Waals surface area contributed by atoms with Crippen molar-refractivity contribution in [3.05, 3.63) is 23.3 Å². The van der Waals surface area contributed by atoms with Gasteiger partial charge in [-0.25, -0.2) is 0 Å². The molecule has 0 aliphatic heterocycles.